The third kappa shape index (κ3) is 1.54. The van der Waals surface area contributed by atoms with Gasteiger partial charge in [0.15, 0.2) is 5.95 Å². The lowest BCUT2D eigenvalue weighted by molar-refractivity contribution is 0.548. The fourth-order valence-corrected chi connectivity index (χ4v) is 2.61. The summed E-state index contributed by atoms with van der Waals surface area (Å²) >= 11 is 0. The van der Waals surface area contributed by atoms with Crippen molar-refractivity contribution in [3.05, 3.63) is 33.2 Å². The number of fused-ring (bicyclic) bond motifs is 2. The van der Waals surface area contributed by atoms with Gasteiger partial charge in [0.1, 0.15) is 5.58 Å². The molecule has 2 heterocycles. The van der Waals surface area contributed by atoms with Crippen LogP contribution < -0.4 is 11.4 Å². The molecule has 19 heavy (non-hydrogen) atoms. The minimum atomic E-state index is -0.265. The number of aromatic nitrogens is 2. The summed E-state index contributed by atoms with van der Waals surface area (Å²) in [6.07, 6.45) is 0.659. The Bertz CT molecular complexity index is 859. The number of benzene rings is 1. The molecule has 3 rings (SSSR count). The van der Waals surface area contributed by atoms with Gasteiger partial charge in [-0.2, -0.15) is 0 Å². The first-order chi connectivity index (χ1) is 9.02. The van der Waals surface area contributed by atoms with E-state index in [9.17, 15) is 4.79 Å². The highest BCUT2D eigenvalue weighted by molar-refractivity contribution is 5.98. The average Bonchev–Trinajstić information content (AvgIpc) is 2.73. The van der Waals surface area contributed by atoms with Crippen LogP contribution in [0.4, 0.5) is 5.95 Å². The normalized spacial score (nSPS) is 11.5. The molecule has 0 amide bonds. The minimum Gasteiger partial charge on any atom is -0.422 e. The van der Waals surface area contributed by atoms with Crippen LogP contribution in [0.5, 0.6) is 0 Å². The van der Waals surface area contributed by atoms with E-state index in [0.29, 0.717) is 18.0 Å². The highest BCUT2D eigenvalue weighted by atomic mass is 16.4. The molecule has 0 unspecified atom stereocenters. The fraction of sp³-hybridized carbons (Fsp3) is 0.286. The molecule has 1 aromatic carbocycles. The number of nitrogens with two attached hydrogens (primary N) is 1. The minimum absolute atomic E-state index is 0.265. The molecule has 0 atom stereocenters. The number of nitrogens with zero attached hydrogens (tertiary/aromatic N) is 1. The van der Waals surface area contributed by atoms with Crippen molar-refractivity contribution in [3.8, 4) is 0 Å². The summed E-state index contributed by atoms with van der Waals surface area (Å²) in [5.74, 6) is 0.365. The van der Waals surface area contributed by atoms with Crippen molar-refractivity contribution in [1.82, 2.24) is 9.97 Å². The number of hydrogen-bond acceptors (Lipinski definition) is 4. The van der Waals surface area contributed by atoms with E-state index in [1.54, 1.807) is 0 Å². The van der Waals surface area contributed by atoms with Gasteiger partial charge in [-0.1, -0.05) is 6.92 Å². The molecule has 0 radical (unpaired) electrons. The van der Waals surface area contributed by atoms with Gasteiger partial charge in [-0.3, -0.25) is 0 Å². The average molecular weight is 257 g/mol. The Balaban J connectivity index is 2.57. The van der Waals surface area contributed by atoms with Gasteiger partial charge >= 0.3 is 5.63 Å². The fourth-order valence-electron chi connectivity index (χ4n) is 2.61. The number of aromatic amines is 1. The third-order valence-electron chi connectivity index (χ3n) is 3.63. The van der Waals surface area contributed by atoms with Crippen molar-refractivity contribution in [2.75, 3.05) is 5.73 Å². The van der Waals surface area contributed by atoms with Gasteiger partial charge in [0, 0.05) is 16.5 Å². The number of H-pyrrole nitrogens is 1. The Morgan fingerprint density at radius 3 is 2.79 bits per heavy atom. The Morgan fingerprint density at radius 1 is 1.37 bits per heavy atom. The van der Waals surface area contributed by atoms with Crippen LogP contribution in [0.2, 0.25) is 0 Å². The smallest absolute Gasteiger partial charge is 0.339 e. The van der Waals surface area contributed by atoms with Crippen LogP contribution >= 0.6 is 0 Å². The number of hydrogen-bond donors (Lipinski definition) is 2. The monoisotopic (exact) mass is 257 g/mol. The molecule has 0 aliphatic heterocycles. The van der Waals surface area contributed by atoms with Gasteiger partial charge in [0.05, 0.1) is 11.0 Å². The van der Waals surface area contributed by atoms with E-state index in [4.69, 9.17) is 10.2 Å². The van der Waals surface area contributed by atoms with Gasteiger partial charge in [0.25, 0.3) is 0 Å². The quantitative estimate of drug-likeness (QED) is 0.656. The van der Waals surface area contributed by atoms with Crippen molar-refractivity contribution in [2.24, 2.45) is 0 Å². The summed E-state index contributed by atoms with van der Waals surface area (Å²) in [5, 5.41) is 0.935. The molecule has 0 fully saturated rings. The largest absolute Gasteiger partial charge is 0.422 e. The molecule has 98 valence electrons. The number of nitrogens with one attached hydrogen (secondary N) is 1. The number of anilines is 1. The Labute approximate surface area is 109 Å². The van der Waals surface area contributed by atoms with Gasteiger partial charge in [0.2, 0.25) is 0 Å². The maximum atomic E-state index is 12.0. The first kappa shape index (κ1) is 11.8. The second-order valence-electron chi connectivity index (χ2n) is 4.74. The maximum Gasteiger partial charge on any atom is 0.339 e. The lowest BCUT2D eigenvalue weighted by Crippen LogP contribution is -2.09. The van der Waals surface area contributed by atoms with E-state index >= 15 is 0 Å². The first-order valence-corrected chi connectivity index (χ1v) is 6.24. The van der Waals surface area contributed by atoms with Crippen molar-refractivity contribution in [3.63, 3.8) is 0 Å². The summed E-state index contributed by atoms with van der Waals surface area (Å²) in [6, 6.07) is 1.94. The summed E-state index contributed by atoms with van der Waals surface area (Å²) in [6.45, 7) is 5.78. The van der Waals surface area contributed by atoms with Crippen molar-refractivity contribution in [2.45, 2.75) is 27.2 Å². The van der Waals surface area contributed by atoms with Crippen molar-refractivity contribution < 1.29 is 4.42 Å². The van der Waals surface area contributed by atoms with Crippen LogP contribution in [0, 0.1) is 13.8 Å². The van der Waals surface area contributed by atoms with E-state index in [0.717, 1.165) is 33.1 Å². The maximum absolute atomic E-state index is 12.0. The van der Waals surface area contributed by atoms with Crippen LogP contribution in [0.1, 0.15) is 23.6 Å². The van der Waals surface area contributed by atoms with Gasteiger partial charge in [-0.25, -0.2) is 9.78 Å². The number of rotatable bonds is 1. The molecular formula is C14H15N3O2. The predicted octanol–water partition coefficient (Wildman–Crippen LogP) is 2.43. The van der Waals surface area contributed by atoms with E-state index in [-0.39, 0.29) is 5.63 Å². The molecule has 0 aliphatic carbocycles. The van der Waals surface area contributed by atoms with E-state index in [1.165, 1.54) is 0 Å². The van der Waals surface area contributed by atoms with E-state index in [2.05, 4.69) is 9.97 Å². The SMILES string of the molecule is CCc1c(C)c2cc3[nH]c(N)nc3c(C)c2oc1=O. The zero-order valence-electron chi connectivity index (χ0n) is 11.1. The summed E-state index contributed by atoms with van der Waals surface area (Å²) in [4.78, 5) is 19.2. The lowest BCUT2D eigenvalue weighted by atomic mass is 10.0. The molecule has 3 N–H and O–H groups in total. The first-order valence-electron chi connectivity index (χ1n) is 6.24. The highest BCUT2D eigenvalue weighted by Crippen LogP contribution is 2.29. The zero-order valence-corrected chi connectivity index (χ0v) is 11.1. The van der Waals surface area contributed by atoms with E-state index in [1.807, 2.05) is 26.8 Å². The molecular weight excluding hydrogens is 242 g/mol. The molecule has 0 spiro atoms. The van der Waals surface area contributed by atoms with Crippen molar-refractivity contribution >= 4 is 28.0 Å². The van der Waals surface area contributed by atoms with Crippen LogP contribution in [-0.2, 0) is 6.42 Å². The van der Waals surface area contributed by atoms with Crippen molar-refractivity contribution in [1.29, 1.82) is 0 Å². The van der Waals surface area contributed by atoms with Crippen LogP contribution in [0.15, 0.2) is 15.3 Å². The second kappa shape index (κ2) is 3.85. The summed E-state index contributed by atoms with van der Waals surface area (Å²) in [7, 11) is 0. The molecule has 5 heteroatoms. The predicted molar refractivity (Wildman–Crippen MR) is 75.4 cm³/mol. The topological polar surface area (TPSA) is 84.9 Å². The second-order valence-corrected chi connectivity index (χ2v) is 4.74. The molecule has 0 aliphatic rings. The summed E-state index contributed by atoms with van der Waals surface area (Å²) in [5.41, 5.74) is 10.1. The molecule has 0 saturated heterocycles. The Kier molecular flexibility index (Phi) is 2.38. The molecule has 0 saturated carbocycles. The third-order valence-corrected chi connectivity index (χ3v) is 3.63. The molecule has 2 aromatic heterocycles. The molecule has 0 bridgehead atoms. The lowest BCUT2D eigenvalue weighted by Gasteiger charge is -2.08. The zero-order chi connectivity index (χ0) is 13.7. The highest BCUT2D eigenvalue weighted by Gasteiger charge is 2.15. The number of imidazole rings is 1. The Hall–Kier alpha value is -2.30. The Morgan fingerprint density at radius 2 is 2.11 bits per heavy atom. The standard InChI is InChI=1S/C14H15N3O2/c1-4-8-6(2)9-5-10-11(17-14(15)16-10)7(3)12(9)19-13(8)18/h5H,4H2,1-3H3,(H3,15,16,17). The molecule has 3 aromatic rings. The summed E-state index contributed by atoms with van der Waals surface area (Å²) < 4.78 is 5.46. The number of aryl methyl sites for hydroxylation is 2. The van der Waals surface area contributed by atoms with Crippen LogP contribution in [0.25, 0.3) is 22.0 Å². The van der Waals surface area contributed by atoms with Gasteiger partial charge in [-0.15, -0.1) is 0 Å². The van der Waals surface area contributed by atoms with Crippen LogP contribution in [-0.4, -0.2) is 9.97 Å². The van der Waals surface area contributed by atoms with Gasteiger partial charge < -0.3 is 15.1 Å². The van der Waals surface area contributed by atoms with Crippen LogP contribution in [0.3, 0.4) is 0 Å². The van der Waals surface area contributed by atoms with Gasteiger partial charge in [-0.05, 0) is 31.9 Å². The van der Waals surface area contributed by atoms with E-state index < -0.39 is 0 Å². The number of nitrogen functional groups attached to an aromatic ring is 1. The molecule has 5 nitrogen and oxygen atoms in total.